The van der Waals surface area contributed by atoms with Crippen molar-refractivity contribution in [2.24, 2.45) is 5.41 Å². The maximum Gasteiger partial charge on any atom is 0.262 e. The van der Waals surface area contributed by atoms with Crippen LogP contribution in [0, 0.1) is 10.2 Å². The van der Waals surface area contributed by atoms with E-state index in [4.69, 9.17) is 12.2 Å². The third kappa shape index (κ3) is 1.64. The van der Waals surface area contributed by atoms with Crippen LogP contribution in [0.15, 0.2) is 29.8 Å². The van der Waals surface area contributed by atoms with Crippen LogP contribution in [-0.4, -0.2) is 20.7 Å². The molecule has 0 saturated carbocycles. The molecule has 2 aromatic rings. The molecule has 0 bridgehead atoms. The summed E-state index contributed by atoms with van der Waals surface area (Å²) >= 11 is 5.20. The molecule has 0 atom stereocenters. The largest absolute Gasteiger partial charge is 0.269 e. The topological polar surface area (TPSA) is 50.7 Å². The zero-order valence-electron chi connectivity index (χ0n) is 11.9. The first-order chi connectivity index (χ1) is 9.99. The smallest absolute Gasteiger partial charge is 0.262 e. The molecule has 4 nitrogen and oxygen atoms in total. The van der Waals surface area contributed by atoms with Gasteiger partial charge in [-0.15, -0.1) is 0 Å². The summed E-state index contributed by atoms with van der Waals surface area (Å²) in [5.41, 5.74) is 4.28. The van der Waals surface area contributed by atoms with Crippen molar-refractivity contribution in [2.45, 2.75) is 26.7 Å². The number of hydrogen-bond donors (Lipinski definition) is 1. The van der Waals surface area contributed by atoms with E-state index < -0.39 is 0 Å². The van der Waals surface area contributed by atoms with E-state index in [1.165, 1.54) is 11.1 Å². The van der Waals surface area contributed by atoms with E-state index in [2.05, 4.69) is 42.2 Å². The number of aromatic amines is 1. The fourth-order valence-corrected chi connectivity index (χ4v) is 3.84. The number of aromatic nitrogens is 3. The molecule has 1 aliphatic carbocycles. The van der Waals surface area contributed by atoms with Gasteiger partial charge in [0.05, 0.1) is 0 Å². The molecule has 1 N–H and O–H groups in total. The van der Waals surface area contributed by atoms with Gasteiger partial charge in [-0.05, 0) is 40.8 Å². The van der Waals surface area contributed by atoms with E-state index in [0.29, 0.717) is 17.0 Å². The van der Waals surface area contributed by atoms with Crippen LogP contribution in [0.4, 0.5) is 0 Å². The third-order valence-electron chi connectivity index (χ3n) is 4.45. The lowest BCUT2D eigenvalue weighted by atomic mass is 9.68. The lowest BCUT2D eigenvalue weighted by Crippen LogP contribution is -2.36. The number of nitrogens with zero attached hydrogens (tertiary/aromatic N) is 2. The minimum atomic E-state index is -0.190. The highest BCUT2D eigenvalue weighted by Gasteiger charge is 2.41. The average molecular weight is 297 g/mol. The van der Waals surface area contributed by atoms with Crippen LogP contribution in [0.3, 0.4) is 0 Å². The number of fused-ring (bicyclic) bond motifs is 3. The molecule has 106 valence electrons. The number of allylic oxidation sites excluding steroid dienone is 2. The summed E-state index contributed by atoms with van der Waals surface area (Å²) in [6.07, 6.45) is 1.52. The summed E-state index contributed by atoms with van der Waals surface area (Å²) < 4.78 is 1.93. The first-order valence-electron chi connectivity index (χ1n) is 7.02. The van der Waals surface area contributed by atoms with Crippen molar-refractivity contribution in [3.63, 3.8) is 0 Å². The SMILES string of the molecule is CC1(C)Cc2ccccc2C2=C1C(=O)n1c(n[nH]c1=S)C2. The van der Waals surface area contributed by atoms with Gasteiger partial charge in [0.1, 0.15) is 5.82 Å². The van der Waals surface area contributed by atoms with Crippen LogP contribution >= 0.6 is 12.2 Å². The van der Waals surface area contributed by atoms with Crippen LogP contribution in [0.2, 0.25) is 0 Å². The molecular formula is C16H15N3OS. The Bertz CT molecular complexity index is 870. The number of carbonyl (C=O) groups is 1. The van der Waals surface area contributed by atoms with Crippen LogP contribution in [0.1, 0.15) is 35.6 Å². The minimum absolute atomic E-state index is 0.0236. The van der Waals surface area contributed by atoms with E-state index in [9.17, 15) is 4.79 Å². The molecule has 0 amide bonds. The van der Waals surface area contributed by atoms with Gasteiger partial charge in [0.2, 0.25) is 4.77 Å². The maximum atomic E-state index is 12.9. The van der Waals surface area contributed by atoms with Crippen molar-refractivity contribution in [2.75, 3.05) is 0 Å². The van der Waals surface area contributed by atoms with Crippen molar-refractivity contribution in [1.29, 1.82) is 0 Å². The van der Waals surface area contributed by atoms with Crippen LogP contribution < -0.4 is 0 Å². The van der Waals surface area contributed by atoms with E-state index in [1.807, 2.05) is 6.07 Å². The molecule has 0 saturated heterocycles. The fourth-order valence-electron chi connectivity index (χ4n) is 3.61. The molecule has 5 heteroatoms. The van der Waals surface area contributed by atoms with Gasteiger partial charge in [-0.25, -0.2) is 4.57 Å². The van der Waals surface area contributed by atoms with Gasteiger partial charge < -0.3 is 0 Å². The number of rotatable bonds is 0. The number of hydrogen-bond acceptors (Lipinski definition) is 3. The molecule has 0 radical (unpaired) electrons. The number of carbonyl (C=O) groups excluding carboxylic acids is 1. The molecule has 1 aliphatic heterocycles. The van der Waals surface area contributed by atoms with Crippen LogP contribution in [-0.2, 0) is 12.8 Å². The highest BCUT2D eigenvalue weighted by atomic mass is 32.1. The van der Waals surface area contributed by atoms with Gasteiger partial charge >= 0.3 is 0 Å². The van der Waals surface area contributed by atoms with Crippen molar-refractivity contribution in [3.05, 3.63) is 51.6 Å². The maximum absolute atomic E-state index is 12.9. The predicted octanol–water partition coefficient (Wildman–Crippen LogP) is 3.17. The van der Waals surface area contributed by atoms with E-state index >= 15 is 0 Å². The highest BCUT2D eigenvalue weighted by molar-refractivity contribution is 7.71. The van der Waals surface area contributed by atoms with Crippen molar-refractivity contribution < 1.29 is 4.79 Å². The number of nitrogens with one attached hydrogen (secondary N) is 1. The molecule has 0 unspecified atom stereocenters. The van der Waals surface area contributed by atoms with Crippen molar-refractivity contribution in [1.82, 2.24) is 14.8 Å². The van der Waals surface area contributed by atoms with E-state index in [-0.39, 0.29) is 11.3 Å². The second kappa shape index (κ2) is 4.01. The van der Waals surface area contributed by atoms with Gasteiger partial charge in [0.25, 0.3) is 5.91 Å². The summed E-state index contributed by atoms with van der Waals surface area (Å²) in [5.74, 6) is 0.681. The Morgan fingerprint density at radius 2 is 2.10 bits per heavy atom. The van der Waals surface area contributed by atoms with Gasteiger partial charge in [-0.3, -0.25) is 9.89 Å². The average Bonchev–Trinajstić information content (AvgIpc) is 2.79. The Morgan fingerprint density at radius 1 is 1.33 bits per heavy atom. The standard InChI is InChI=1S/C16H15N3OS/c1-16(2)8-9-5-3-4-6-10(9)11-7-12-17-18-15(21)19(12)14(20)13(11)16/h3-6H,7-8H2,1-2H3,(H,18,21). The summed E-state index contributed by atoms with van der Waals surface area (Å²) in [6, 6.07) is 8.33. The Labute approximate surface area is 127 Å². The first kappa shape index (κ1) is 12.7. The third-order valence-corrected chi connectivity index (χ3v) is 4.72. The zero-order chi connectivity index (χ0) is 14.8. The Kier molecular flexibility index (Phi) is 2.43. The van der Waals surface area contributed by atoms with Crippen LogP contribution in [0.5, 0.6) is 0 Å². The molecule has 0 spiro atoms. The predicted molar refractivity (Wildman–Crippen MR) is 82.6 cm³/mol. The molecule has 1 aromatic heterocycles. The second-order valence-electron chi connectivity index (χ2n) is 6.33. The fraction of sp³-hybridized carbons (Fsp3) is 0.312. The van der Waals surface area contributed by atoms with Gasteiger partial charge in [-0.2, -0.15) is 5.10 Å². The Hall–Kier alpha value is -2.01. The van der Waals surface area contributed by atoms with Gasteiger partial charge in [0.15, 0.2) is 0 Å². The molecule has 1 aromatic carbocycles. The summed E-state index contributed by atoms with van der Waals surface area (Å²) in [4.78, 5) is 12.9. The minimum Gasteiger partial charge on any atom is -0.269 e. The molecule has 4 rings (SSSR count). The lowest BCUT2D eigenvalue weighted by molar-refractivity contribution is 0.0920. The molecular weight excluding hydrogens is 282 g/mol. The highest BCUT2D eigenvalue weighted by Crippen LogP contribution is 2.45. The Morgan fingerprint density at radius 3 is 2.90 bits per heavy atom. The molecule has 2 heterocycles. The quantitative estimate of drug-likeness (QED) is 0.760. The van der Waals surface area contributed by atoms with E-state index in [1.54, 1.807) is 4.57 Å². The summed E-state index contributed by atoms with van der Waals surface area (Å²) in [6.45, 7) is 4.26. The second-order valence-corrected chi connectivity index (χ2v) is 6.72. The Balaban J connectivity index is 2.03. The van der Waals surface area contributed by atoms with Crippen molar-refractivity contribution in [3.8, 4) is 0 Å². The van der Waals surface area contributed by atoms with Gasteiger partial charge in [0, 0.05) is 12.0 Å². The number of benzene rings is 1. The number of H-pyrrole nitrogens is 1. The first-order valence-corrected chi connectivity index (χ1v) is 7.43. The van der Waals surface area contributed by atoms with Crippen molar-refractivity contribution >= 4 is 23.7 Å². The zero-order valence-corrected chi connectivity index (χ0v) is 12.8. The molecule has 0 fully saturated rings. The van der Waals surface area contributed by atoms with Gasteiger partial charge in [-0.1, -0.05) is 38.1 Å². The lowest BCUT2D eigenvalue weighted by Gasteiger charge is -2.37. The van der Waals surface area contributed by atoms with E-state index in [0.717, 1.165) is 17.6 Å². The normalized spacial score (nSPS) is 19.0. The van der Waals surface area contributed by atoms with Crippen LogP contribution in [0.25, 0.3) is 5.57 Å². The summed E-state index contributed by atoms with van der Waals surface area (Å²) in [5, 5.41) is 6.95. The summed E-state index contributed by atoms with van der Waals surface area (Å²) in [7, 11) is 0. The molecule has 2 aliphatic rings. The molecule has 21 heavy (non-hydrogen) atoms. The monoisotopic (exact) mass is 297 g/mol.